The van der Waals surface area contributed by atoms with Crippen molar-refractivity contribution < 1.29 is 14.3 Å². The molecular formula is C24H30N2O3. The van der Waals surface area contributed by atoms with Crippen molar-refractivity contribution in [2.24, 2.45) is 0 Å². The molecule has 0 N–H and O–H groups in total. The number of ether oxygens (including phenoxy) is 2. The Kier molecular flexibility index (Phi) is 7.30. The van der Waals surface area contributed by atoms with E-state index in [4.69, 9.17) is 9.47 Å². The summed E-state index contributed by atoms with van der Waals surface area (Å²) in [6.07, 6.45) is 5.63. The molecule has 1 aliphatic heterocycles. The molecule has 2 aromatic carbocycles. The zero-order valence-corrected chi connectivity index (χ0v) is 17.5. The van der Waals surface area contributed by atoms with Gasteiger partial charge < -0.3 is 14.4 Å². The zero-order valence-electron chi connectivity index (χ0n) is 17.5. The minimum absolute atomic E-state index is 0.0533. The number of amides is 1. The molecule has 154 valence electrons. The third-order valence-electron chi connectivity index (χ3n) is 5.43. The predicted octanol–water partition coefficient (Wildman–Crippen LogP) is 3.84. The van der Waals surface area contributed by atoms with Gasteiger partial charge in [-0.1, -0.05) is 36.4 Å². The fourth-order valence-corrected chi connectivity index (χ4v) is 3.74. The van der Waals surface area contributed by atoms with E-state index in [-0.39, 0.29) is 5.91 Å². The number of carbonyl (C=O) groups excluding carboxylic acids is 1. The van der Waals surface area contributed by atoms with E-state index in [0.717, 1.165) is 38.0 Å². The highest BCUT2D eigenvalue weighted by Crippen LogP contribution is 2.28. The van der Waals surface area contributed by atoms with E-state index < -0.39 is 0 Å². The molecular weight excluding hydrogens is 364 g/mol. The fourth-order valence-electron chi connectivity index (χ4n) is 3.74. The number of carbonyl (C=O) groups is 1. The number of hydrogen-bond donors (Lipinski definition) is 0. The van der Waals surface area contributed by atoms with Gasteiger partial charge in [0.05, 0.1) is 14.2 Å². The molecule has 0 radical (unpaired) electrons. The van der Waals surface area contributed by atoms with Crippen molar-refractivity contribution in [3.8, 4) is 11.5 Å². The average molecular weight is 395 g/mol. The van der Waals surface area contributed by atoms with Crippen LogP contribution in [0.2, 0.25) is 0 Å². The highest BCUT2D eigenvalue weighted by molar-refractivity contribution is 5.92. The minimum Gasteiger partial charge on any atom is -0.493 e. The van der Waals surface area contributed by atoms with Crippen molar-refractivity contribution in [2.75, 3.05) is 34.4 Å². The van der Waals surface area contributed by atoms with Crippen molar-refractivity contribution in [3.63, 3.8) is 0 Å². The molecule has 1 aliphatic rings. The number of piperidine rings is 1. The van der Waals surface area contributed by atoms with Gasteiger partial charge in [0.25, 0.3) is 0 Å². The van der Waals surface area contributed by atoms with Crippen molar-refractivity contribution in [1.82, 2.24) is 9.80 Å². The molecule has 0 aromatic heterocycles. The highest BCUT2D eigenvalue weighted by Gasteiger charge is 2.25. The summed E-state index contributed by atoms with van der Waals surface area (Å²) in [5.41, 5.74) is 2.21. The molecule has 1 heterocycles. The Balaban J connectivity index is 1.60. The maximum absolute atomic E-state index is 12.7. The van der Waals surface area contributed by atoms with E-state index in [1.807, 2.05) is 35.2 Å². The molecule has 1 amide bonds. The largest absolute Gasteiger partial charge is 0.493 e. The quantitative estimate of drug-likeness (QED) is 0.669. The molecule has 2 aromatic rings. The van der Waals surface area contributed by atoms with Crippen molar-refractivity contribution >= 4 is 12.0 Å². The van der Waals surface area contributed by atoms with Crippen LogP contribution in [0.25, 0.3) is 6.08 Å². The van der Waals surface area contributed by atoms with Crippen molar-refractivity contribution in [3.05, 3.63) is 65.7 Å². The van der Waals surface area contributed by atoms with Crippen LogP contribution < -0.4 is 9.47 Å². The zero-order chi connectivity index (χ0) is 20.6. The summed E-state index contributed by atoms with van der Waals surface area (Å²) in [4.78, 5) is 17.0. The highest BCUT2D eigenvalue weighted by atomic mass is 16.5. The maximum atomic E-state index is 12.7. The summed E-state index contributed by atoms with van der Waals surface area (Å²) < 4.78 is 10.6. The SMILES string of the molecule is COc1ccc(/C=C/C(=O)N2CCCC(N(C)Cc3ccccc3)C2)cc1OC. The van der Waals surface area contributed by atoms with Crippen molar-refractivity contribution in [1.29, 1.82) is 0 Å². The minimum atomic E-state index is 0.0533. The van der Waals surface area contributed by atoms with Gasteiger partial charge in [-0.3, -0.25) is 9.69 Å². The lowest BCUT2D eigenvalue weighted by molar-refractivity contribution is -0.128. The third-order valence-corrected chi connectivity index (χ3v) is 5.43. The van der Waals surface area contributed by atoms with Crippen molar-refractivity contribution in [2.45, 2.75) is 25.4 Å². The first-order valence-electron chi connectivity index (χ1n) is 10.0. The van der Waals surface area contributed by atoms with Gasteiger partial charge in [-0.25, -0.2) is 0 Å². The summed E-state index contributed by atoms with van der Waals surface area (Å²) in [5.74, 6) is 1.39. The Hall–Kier alpha value is -2.79. The number of nitrogens with zero attached hydrogens (tertiary/aromatic N) is 2. The lowest BCUT2D eigenvalue weighted by Gasteiger charge is -2.37. The van der Waals surface area contributed by atoms with Crippen LogP contribution in [0.5, 0.6) is 11.5 Å². The second kappa shape index (κ2) is 10.1. The Bertz CT molecular complexity index is 835. The van der Waals surface area contributed by atoms with Gasteiger partial charge in [-0.05, 0) is 49.2 Å². The Labute approximate surface area is 173 Å². The van der Waals surface area contributed by atoms with E-state index in [2.05, 4.69) is 36.2 Å². The smallest absolute Gasteiger partial charge is 0.246 e. The van der Waals surface area contributed by atoms with Gasteiger partial charge in [0.1, 0.15) is 0 Å². The Morgan fingerprint density at radius 3 is 2.62 bits per heavy atom. The van der Waals surface area contributed by atoms with Crippen LogP contribution in [-0.4, -0.2) is 56.1 Å². The Morgan fingerprint density at radius 1 is 1.14 bits per heavy atom. The Morgan fingerprint density at radius 2 is 1.90 bits per heavy atom. The lowest BCUT2D eigenvalue weighted by Crippen LogP contribution is -2.47. The summed E-state index contributed by atoms with van der Waals surface area (Å²) in [6, 6.07) is 16.5. The number of likely N-dealkylation sites (N-methyl/N-ethyl adjacent to an activating group) is 1. The maximum Gasteiger partial charge on any atom is 0.246 e. The standard InChI is InChI=1S/C24H30N2O3/c1-25(17-20-8-5-4-6-9-20)21-10-7-15-26(18-21)24(27)14-12-19-11-13-22(28-2)23(16-19)29-3/h4-6,8-9,11-14,16,21H,7,10,15,17-18H2,1-3H3/b14-12+. The molecule has 3 rings (SSSR count). The van der Waals surface area contributed by atoms with E-state index >= 15 is 0 Å². The van der Waals surface area contributed by atoms with E-state index in [1.165, 1.54) is 5.56 Å². The van der Waals surface area contributed by atoms with Gasteiger partial charge in [-0.2, -0.15) is 0 Å². The lowest BCUT2D eigenvalue weighted by atomic mass is 10.0. The van der Waals surface area contributed by atoms with E-state index in [1.54, 1.807) is 20.3 Å². The second-order valence-corrected chi connectivity index (χ2v) is 7.43. The van der Waals surface area contributed by atoms with Crippen LogP contribution in [0.1, 0.15) is 24.0 Å². The normalized spacial score (nSPS) is 17.0. The fraction of sp³-hybridized carbons (Fsp3) is 0.375. The van der Waals surface area contributed by atoms with E-state index in [0.29, 0.717) is 17.5 Å². The average Bonchev–Trinajstić information content (AvgIpc) is 2.78. The third kappa shape index (κ3) is 5.61. The molecule has 0 spiro atoms. The van der Waals surface area contributed by atoms with Crippen LogP contribution in [0, 0.1) is 0 Å². The summed E-state index contributed by atoms with van der Waals surface area (Å²) >= 11 is 0. The molecule has 1 atom stereocenters. The monoisotopic (exact) mass is 394 g/mol. The number of likely N-dealkylation sites (tertiary alicyclic amines) is 1. The molecule has 5 nitrogen and oxygen atoms in total. The first-order chi connectivity index (χ1) is 14.1. The number of benzene rings is 2. The van der Waals surface area contributed by atoms with Gasteiger partial charge in [0, 0.05) is 31.8 Å². The van der Waals surface area contributed by atoms with Crippen LogP contribution >= 0.6 is 0 Å². The molecule has 5 heteroatoms. The first-order valence-corrected chi connectivity index (χ1v) is 10.0. The number of rotatable bonds is 7. The molecule has 1 unspecified atom stereocenters. The molecule has 0 saturated carbocycles. The molecule has 29 heavy (non-hydrogen) atoms. The van der Waals surface area contributed by atoms with Crippen LogP contribution in [-0.2, 0) is 11.3 Å². The number of hydrogen-bond acceptors (Lipinski definition) is 4. The summed E-state index contributed by atoms with van der Waals surface area (Å²) in [6.45, 7) is 2.47. The topological polar surface area (TPSA) is 42.0 Å². The second-order valence-electron chi connectivity index (χ2n) is 7.43. The first kappa shape index (κ1) is 20.9. The summed E-state index contributed by atoms with van der Waals surface area (Å²) in [7, 11) is 5.36. The van der Waals surface area contributed by atoms with E-state index in [9.17, 15) is 4.79 Å². The molecule has 1 saturated heterocycles. The molecule has 0 bridgehead atoms. The van der Waals surface area contributed by atoms with Gasteiger partial charge in [-0.15, -0.1) is 0 Å². The van der Waals surface area contributed by atoms with Crippen LogP contribution in [0.3, 0.4) is 0 Å². The number of methoxy groups -OCH3 is 2. The molecule has 0 aliphatic carbocycles. The van der Waals surface area contributed by atoms with Gasteiger partial charge in [0.2, 0.25) is 5.91 Å². The van der Waals surface area contributed by atoms with Crippen LogP contribution in [0.4, 0.5) is 0 Å². The van der Waals surface area contributed by atoms with Gasteiger partial charge >= 0.3 is 0 Å². The summed E-state index contributed by atoms with van der Waals surface area (Å²) in [5, 5.41) is 0. The predicted molar refractivity (Wildman–Crippen MR) is 116 cm³/mol. The molecule has 1 fully saturated rings. The van der Waals surface area contributed by atoms with Gasteiger partial charge in [0.15, 0.2) is 11.5 Å². The van der Waals surface area contributed by atoms with Crippen LogP contribution in [0.15, 0.2) is 54.6 Å².